The third kappa shape index (κ3) is 3.29. The molecule has 0 spiro atoms. The summed E-state index contributed by atoms with van der Waals surface area (Å²) in [6, 6.07) is 13.7. The summed E-state index contributed by atoms with van der Waals surface area (Å²) in [6.07, 6.45) is 4.06. The number of hydrogen-bond donors (Lipinski definition) is 1. The largest absolute Gasteiger partial charge is 0.298 e. The fraction of sp³-hybridized carbons (Fsp3) is 0.125. The SMILES string of the molecule is CSc1ccc(C(=O)Nc2nc3ccc(SC)cc3s2)cc1. The number of anilines is 1. The predicted octanol–water partition coefficient (Wildman–Crippen LogP) is 4.99. The molecule has 0 aliphatic heterocycles. The van der Waals surface area contributed by atoms with Gasteiger partial charge in [-0.05, 0) is 55.0 Å². The van der Waals surface area contributed by atoms with Crippen molar-refractivity contribution in [1.82, 2.24) is 4.98 Å². The van der Waals surface area contributed by atoms with E-state index in [1.165, 1.54) is 16.2 Å². The van der Waals surface area contributed by atoms with Crippen molar-refractivity contribution >= 4 is 56.1 Å². The summed E-state index contributed by atoms with van der Waals surface area (Å²) in [7, 11) is 0. The molecule has 3 rings (SSSR count). The first-order valence-corrected chi connectivity index (χ1v) is 9.86. The smallest absolute Gasteiger partial charge is 0.257 e. The molecule has 1 N–H and O–H groups in total. The third-order valence-corrected chi connectivity index (χ3v) is 5.57. The zero-order valence-corrected chi connectivity index (χ0v) is 14.6. The first-order valence-electron chi connectivity index (χ1n) is 6.59. The van der Waals surface area contributed by atoms with Gasteiger partial charge in [0.2, 0.25) is 0 Å². The van der Waals surface area contributed by atoms with E-state index in [0.29, 0.717) is 10.7 Å². The summed E-state index contributed by atoms with van der Waals surface area (Å²) < 4.78 is 1.08. The van der Waals surface area contributed by atoms with Gasteiger partial charge in [0.1, 0.15) is 0 Å². The predicted molar refractivity (Wildman–Crippen MR) is 97.6 cm³/mol. The van der Waals surface area contributed by atoms with Crippen molar-refractivity contribution < 1.29 is 4.79 Å². The normalized spacial score (nSPS) is 10.8. The second kappa shape index (κ2) is 6.73. The van der Waals surface area contributed by atoms with Crippen LogP contribution in [0, 0.1) is 0 Å². The number of rotatable bonds is 4. The topological polar surface area (TPSA) is 42.0 Å². The van der Waals surface area contributed by atoms with Gasteiger partial charge >= 0.3 is 0 Å². The standard InChI is InChI=1S/C16H14N2OS3/c1-20-11-5-3-10(4-6-11)15(19)18-16-17-13-8-7-12(21-2)9-14(13)22-16/h3-9H,1-2H3,(H,17,18,19). The number of nitrogens with one attached hydrogen (secondary N) is 1. The zero-order chi connectivity index (χ0) is 15.5. The van der Waals surface area contributed by atoms with Crippen molar-refractivity contribution in [1.29, 1.82) is 0 Å². The first kappa shape index (κ1) is 15.4. The lowest BCUT2D eigenvalue weighted by molar-refractivity contribution is 0.102. The highest BCUT2D eigenvalue weighted by Crippen LogP contribution is 2.29. The van der Waals surface area contributed by atoms with Gasteiger partial charge < -0.3 is 0 Å². The van der Waals surface area contributed by atoms with E-state index in [1.54, 1.807) is 23.5 Å². The maximum absolute atomic E-state index is 12.3. The fourth-order valence-corrected chi connectivity index (χ4v) is 3.82. The van der Waals surface area contributed by atoms with Crippen molar-refractivity contribution in [2.45, 2.75) is 9.79 Å². The van der Waals surface area contributed by atoms with E-state index in [1.807, 2.05) is 48.9 Å². The minimum Gasteiger partial charge on any atom is -0.298 e. The molecule has 0 unspecified atom stereocenters. The van der Waals surface area contributed by atoms with Crippen molar-refractivity contribution in [3.63, 3.8) is 0 Å². The van der Waals surface area contributed by atoms with Crippen LogP contribution in [0.4, 0.5) is 5.13 Å². The number of amides is 1. The Kier molecular flexibility index (Phi) is 4.71. The van der Waals surface area contributed by atoms with E-state index < -0.39 is 0 Å². The molecule has 0 radical (unpaired) electrons. The number of aromatic nitrogens is 1. The van der Waals surface area contributed by atoms with Gasteiger partial charge in [-0.3, -0.25) is 10.1 Å². The molecule has 22 heavy (non-hydrogen) atoms. The molecular formula is C16H14N2OS3. The lowest BCUT2D eigenvalue weighted by atomic mass is 10.2. The molecule has 0 fully saturated rings. The van der Waals surface area contributed by atoms with Crippen LogP contribution in [0.1, 0.15) is 10.4 Å². The number of benzene rings is 2. The molecule has 1 aromatic heterocycles. The van der Waals surface area contributed by atoms with Crippen LogP contribution in [0.5, 0.6) is 0 Å². The molecule has 1 heterocycles. The van der Waals surface area contributed by atoms with Gasteiger partial charge in [-0.25, -0.2) is 4.98 Å². The van der Waals surface area contributed by atoms with E-state index in [4.69, 9.17) is 0 Å². The summed E-state index contributed by atoms with van der Waals surface area (Å²) in [4.78, 5) is 19.1. The molecule has 0 saturated carbocycles. The zero-order valence-electron chi connectivity index (χ0n) is 12.1. The lowest BCUT2D eigenvalue weighted by Crippen LogP contribution is -2.11. The molecule has 3 aromatic rings. The van der Waals surface area contributed by atoms with E-state index >= 15 is 0 Å². The highest BCUT2D eigenvalue weighted by molar-refractivity contribution is 7.98. The number of thiazole rings is 1. The highest BCUT2D eigenvalue weighted by atomic mass is 32.2. The van der Waals surface area contributed by atoms with Gasteiger partial charge in [-0.1, -0.05) is 11.3 Å². The summed E-state index contributed by atoms with van der Waals surface area (Å²) in [5.74, 6) is -0.128. The van der Waals surface area contributed by atoms with E-state index in [-0.39, 0.29) is 5.91 Å². The number of carbonyl (C=O) groups is 1. The van der Waals surface area contributed by atoms with Gasteiger partial charge in [0, 0.05) is 15.4 Å². The van der Waals surface area contributed by atoms with E-state index in [2.05, 4.69) is 16.4 Å². The number of nitrogens with zero attached hydrogens (tertiary/aromatic N) is 1. The van der Waals surface area contributed by atoms with Gasteiger partial charge in [0.25, 0.3) is 5.91 Å². The molecule has 1 amide bonds. The van der Waals surface area contributed by atoms with Crippen LogP contribution in [0.3, 0.4) is 0 Å². The number of fused-ring (bicyclic) bond motifs is 1. The van der Waals surface area contributed by atoms with Crippen LogP contribution < -0.4 is 5.32 Å². The maximum atomic E-state index is 12.3. The Balaban J connectivity index is 1.80. The Hall–Kier alpha value is -1.50. The Morgan fingerprint density at radius 1 is 1.05 bits per heavy atom. The molecule has 0 aliphatic carbocycles. The first-order chi connectivity index (χ1) is 10.7. The van der Waals surface area contributed by atoms with Crippen LogP contribution in [-0.4, -0.2) is 23.4 Å². The maximum Gasteiger partial charge on any atom is 0.257 e. The summed E-state index contributed by atoms with van der Waals surface area (Å²) in [6.45, 7) is 0. The number of carbonyl (C=O) groups excluding carboxylic acids is 1. The minimum atomic E-state index is -0.128. The van der Waals surface area contributed by atoms with E-state index in [9.17, 15) is 4.79 Å². The number of thioether (sulfide) groups is 2. The Labute approximate surface area is 141 Å². The van der Waals surface area contributed by atoms with Crippen molar-refractivity contribution in [3.05, 3.63) is 48.0 Å². The van der Waals surface area contributed by atoms with Crippen LogP contribution >= 0.6 is 34.9 Å². The second-order valence-electron chi connectivity index (χ2n) is 4.54. The van der Waals surface area contributed by atoms with Gasteiger partial charge in [-0.2, -0.15) is 0 Å². The molecule has 2 aromatic carbocycles. The van der Waals surface area contributed by atoms with Gasteiger partial charge in [-0.15, -0.1) is 23.5 Å². The van der Waals surface area contributed by atoms with Gasteiger partial charge in [0.15, 0.2) is 5.13 Å². The molecular weight excluding hydrogens is 332 g/mol. The van der Waals surface area contributed by atoms with Crippen molar-refractivity contribution in [3.8, 4) is 0 Å². The van der Waals surface area contributed by atoms with Crippen LogP contribution in [0.2, 0.25) is 0 Å². The van der Waals surface area contributed by atoms with Crippen LogP contribution in [-0.2, 0) is 0 Å². The summed E-state index contributed by atoms with van der Waals surface area (Å²) >= 11 is 4.85. The summed E-state index contributed by atoms with van der Waals surface area (Å²) in [5, 5.41) is 3.51. The van der Waals surface area contributed by atoms with Crippen molar-refractivity contribution in [2.24, 2.45) is 0 Å². The molecule has 112 valence electrons. The Morgan fingerprint density at radius 3 is 2.41 bits per heavy atom. The molecule has 0 aliphatic rings. The Bertz CT molecular complexity index is 812. The van der Waals surface area contributed by atoms with Gasteiger partial charge in [0.05, 0.1) is 10.2 Å². The van der Waals surface area contributed by atoms with Crippen LogP contribution in [0.25, 0.3) is 10.2 Å². The molecule has 0 atom stereocenters. The second-order valence-corrected chi connectivity index (χ2v) is 7.33. The van der Waals surface area contributed by atoms with Crippen LogP contribution in [0.15, 0.2) is 52.3 Å². The molecule has 6 heteroatoms. The molecule has 0 saturated heterocycles. The monoisotopic (exact) mass is 346 g/mol. The molecule has 0 bridgehead atoms. The number of hydrogen-bond acceptors (Lipinski definition) is 5. The minimum absolute atomic E-state index is 0.128. The Morgan fingerprint density at radius 2 is 1.73 bits per heavy atom. The lowest BCUT2D eigenvalue weighted by Gasteiger charge is -2.02. The highest BCUT2D eigenvalue weighted by Gasteiger charge is 2.10. The third-order valence-electron chi connectivity index (χ3n) is 3.17. The average molecular weight is 347 g/mol. The fourth-order valence-electron chi connectivity index (χ4n) is 2.00. The summed E-state index contributed by atoms with van der Waals surface area (Å²) in [5.41, 5.74) is 1.55. The van der Waals surface area contributed by atoms with E-state index in [0.717, 1.165) is 15.1 Å². The van der Waals surface area contributed by atoms with Crippen molar-refractivity contribution in [2.75, 3.05) is 17.8 Å². The average Bonchev–Trinajstić information content (AvgIpc) is 2.95. The molecule has 3 nitrogen and oxygen atoms in total. The quantitative estimate of drug-likeness (QED) is 0.676.